The van der Waals surface area contributed by atoms with Crippen LogP contribution in [0.1, 0.15) is 25.1 Å². The third-order valence-corrected chi connectivity index (χ3v) is 3.26. The Hall–Kier alpha value is -2.42. The first-order valence-electron chi connectivity index (χ1n) is 6.76. The van der Waals surface area contributed by atoms with Crippen molar-refractivity contribution in [1.29, 1.82) is 0 Å². The highest BCUT2D eigenvalue weighted by Crippen LogP contribution is 2.33. The quantitative estimate of drug-likeness (QED) is 0.733. The van der Waals surface area contributed by atoms with Gasteiger partial charge in [-0.2, -0.15) is 5.10 Å². The normalized spacial score (nSPS) is 11.0. The number of benzene rings is 1. The molecule has 0 aliphatic carbocycles. The van der Waals surface area contributed by atoms with Gasteiger partial charge in [0.2, 0.25) is 0 Å². The maximum Gasteiger partial charge on any atom is 0.123 e. The zero-order chi connectivity index (χ0) is 15.6. The summed E-state index contributed by atoms with van der Waals surface area (Å²) in [7, 11) is 1.88. The van der Waals surface area contributed by atoms with Crippen LogP contribution in [0.2, 0.25) is 0 Å². The minimum absolute atomic E-state index is 0.259. The summed E-state index contributed by atoms with van der Waals surface area (Å²) in [6.45, 7) is 12.0. The molecule has 3 heteroatoms. The van der Waals surface area contributed by atoms with Crippen molar-refractivity contribution >= 4 is 11.1 Å². The van der Waals surface area contributed by atoms with Gasteiger partial charge < -0.3 is 0 Å². The Morgan fingerprint density at radius 3 is 2.38 bits per heavy atom. The molecular formula is C18H19FN2. The summed E-state index contributed by atoms with van der Waals surface area (Å²) >= 11 is 0. The second kappa shape index (κ2) is 5.92. The number of aryl methyl sites for hydroxylation is 1. The lowest BCUT2D eigenvalue weighted by molar-refractivity contribution is 0.628. The van der Waals surface area contributed by atoms with E-state index in [9.17, 15) is 4.39 Å². The van der Waals surface area contributed by atoms with Gasteiger partial charge in [-0.25, -0.2) is 4.39 Å². The molecule has 0 amide bonds. The van der Waals surface area contributed by atoms with Crippen molar-refractivity contribution in [3.63, 3.8) is 0 Å². The van der Waals surface area contributed by atoms with E-state index in [0.29, 0.717) is 0 Å². The van der Waals surface area contributed by atoms with Gasteiger partial charge in [-0.05, 0) is 49.3 Å². The van der Waals surface area contributed by atoms with Crippen LogP contribution in [0.3, 0.4) is 0 Å². The van der Waals surface area contributed by atoms with Crippen LogP contribution in [0.25, 0.3) is 22.4 Å². The minimum atomic E-state index is -0.259. The summed E-state index contributed by atoms with van der Waals surface area (Å²) in [4.78, 5) is 0. The SMILES string of the molecule is C=C(C)c1c(-c2ccc(F)cc2)nn(C)c1C(=C)C=CC. The fourth-order valence-corrected chi connectivity index (χ4v) is 2.39. The van der Waals surface area contributed by atoms with Crippen molar-refractivity contribution in [3.8, 4) is 11.3 Å². The molecule has 21 heavy (non-hydrogen) atoms. The molecule has 2 rings (SSSR count). The van der Waals surface area contributed by atoms with Crippen LogP contribution in [-0.2, 0) is 7.05 Å². The molecule has 0 saturated carbocycles. The van der Waals surface area contributed by atoms with E-state index in [1.807, 2.05) is 33.0 Å². The number of hydrogen-bond donors (Lipinski definition) is 0. The zero-order valence-electron chi connectivity index (χ0n) is 12.7. The highest BCUT2D eigenvalue weighted by Gasteiger charge is 2.19. The van der Waals surface area contributed by atoms with Gasteiger partial charge in [0.15, 0.2) is 0 Å². The van der Waals surface area contributed by atoms with Crippen molar-refractivity contribution in [2.45, 2.75) is 13.8 Å². The fraction of sp³-hybridized carbons (Fsp3) is 0.167. The van der Waals surface area contributed by atoms with E-state index in [1.165, 1.54) is 12.1 Å². The summed E-state index contributed by atoms with van der Waals surface area (Å²) < 4.78 is 14.9. The van der Waals surface area contributed by atoms with Gasteiger partial charge in [0, 0.05) is 18.2 Å². The van der Waals surface area contributed by atoms with Gasteiger partial charge in [0.25, 0.3) is 0 Å². The molecule has 0 aliphatic heterocycles. The van der Waals surface area contributed by atoms with E-state index in [0.717, 1.165) is 33.7 Å². The second-order valence-corrected chi connectivity index (χ2v) is 5.01. The smallest absolute Gasteiger partial charge is 0.123 e. The summed E-state index contributed by atoms with van der Waals surface area (Å²) in [5, 5.41) is 4.57. The standard InChI is InChI=1S/C18H19FN2/c1-6-7-13(4)18-16(12(2)3)17(20-21(18)5)14-8-10-15(19)11-9-14/h6-11H,2,4H2,1,3,5H3. The van der Waals surface area contributed by atoms with Gasteiger partial charge in [-0.3, -0.25) is 4.68 Å². The molecule has 2 aromatic rings. The monoisotopic (exact) mass is 282 g/mol. The van der Waals surface area contributed by atoms with Crippen LogP contribution in [0.15, 0.2) is 49.6 Å². The van der Waals surface area contributed by atoms with Gasteiger partial charge in [-0.1, -0.05) is 25.3 Å². The van der Waals surface area contributed by atoms with Crippen LogP contribution in [0, 0.1) is 5.82 Å². The Labute approximate surface area is 124 Å². The van der Waals surface area contributed by atoms with Crippen molar-refractivity contribution in [2.75, 3.05) is 0 Å². The lowest BCUT2D eigenvalue weighted by atomic mass is 9.98. The molecule has 1 heterocycles. The van der Waals surface area contributed by atoms with Crippen LogP contribution in [0.4, 0.5) is 4.39 Å². The van der Waals surface area contributed by atoms with Gasteiger partial charge in [0.1, 0.15) is 11.5 Å². The number of allylic oxidation sites excluding steroid dienone is 4. The number of halogens is 1. The Morgan fingerprint density at radius 1 is 1.24 bits per heavy atom. The minimum Gasteiger partial charge on any atom is -0.267 e. The molecular weight excluding hydrogens is 263 g/mol. The van der Waals surface area contributed by atoms with E-state index in [1.54, 1.807) is 16.8 Å². The number of aromatic nitrogens is 2. The topological polar surface area (TPSA) is 17.8 Å². The van der Waals surface area contributed by atoms with Crippen molar-refractivity contribution in [1.82, 2.24) is 9.78 Å². The van der Waals surface area contributed by atoms with E-state index in [2.05, 4.69) is 18.3 Å². The Morgan fingerprint density at radius 2 is 1.86 bits per heavy atom. The molecule has 0 spiro atoms. The Balaban J connectivity index is 2.68. The first-order valence-corrected chi connectivity index (χ1v) is 6.76. The number of nitrogens with zero attached hydrogens (tertiary/aromatic N) is 2. The molecule has 108 valence electrons. The summed E-state index contributed by atoms with van der Waals surface area (Å²) in [5.74, 6) is -0.259. The lowest BCUT2D eigenvalue weighted by Gasteiger charge is -2.07. The largest absolute Gasteiger partial charge is 0.267 e. The lowest BCUT2D eigenvalue weighted by Crippen LogP contribution is -1.97. The third kappa shape index (κ3) is 2.87. The third-order valence-electron chi connectivity index (χ3n) is 3.26. The van der Waals surface area contributed by atoms with Crippen LogP contribution >= 0.6 is 0 Å². The summed E-state index contributed by atoms with van der Waals surface area (Å²) in [5.41, 5.74) is 5.32. The molecule has 0 saturated heterocycles. The maximum absolute atomic E-state index is 13.1. The van der Waals surface area contributed by atoms with E-state index in [-0.39, 0.29) is 5.82 Å². The molecule has 1 aromatic heterocycles. The molecule has 0 atom stereocenters. The molecule has 0 bridgehead atoms. The molecule has 0 radical (unpaired) electrons. The van der Waals surface area contributed by atoms with Crippen LogP contribution in [0.5, 0.6) is 0 Å². The van der Waals surface area contributed by atoms with Gasteiger partial charge in [0.05, 0.1) is 5.69 Å². The predicted octanol–water partition coefficient (Wildman–Crippen LogP) is 4.85. The van der Waals surface area contributed by atoms with E-state index >= 15 is 0 Å². The molecule has 0 fully saturated rings. The summed E-state index contributed by atoms with van der Waals surface area (Å²) in [6, 6.07) is 6.33. The van der Waals surface area contributed by atoms with Gasteiger partial charge in [-0.15, -0.1) is 0 Å². The summed E-state index contributed by atoms with van der Waals surface area (Å²) in [6.07, 6.45) is 3.88. The van der Waals surface area contributed by atoms with Crippen molar-refractivity contribution in [2.24, 2.45) is 7.05 Å². The van der Waals surface area contributed by atoms with Crippen LogP contribution < -0.4 is 0 Å². The van der Waals surface area contributed by atoms with E-state index < -0.39 is 0 Å². The Bertz CT molecular complexity index is 718. The number of rotatable bonds is 4. The van der Waals surface area contributed by atoms with Crippen molar-refractivity contribution in [3.05, 3.63) is 66.6 Å². The van der Waals surface area contributed by atoms with Crippen molar-refractivity contribution < 1.29 is 4.39 Å². The highest BCUT2D eigenvalue weighted by atomic mass is 19.1. The molecule has 0 N–H and O–H groups in total. The second-order valence-electron chi connectivity index (χ2n) is 5.01. The average Bonchev–Trinajstić information content (AvgIpc) is 2.77. The van der Waals surface area contributed by atoms with Crippen LogP contribution in [-0.4, -0.2) is 9.78 Å². The van der Waals surface area contributed by atoms with E-state index in [4.69, 9.17) is 0 Å². The average molecular weight is 282 g/mol. The molecule has 0 aliphatic rings. The maximum atomic E-state index is 13.1. The van der Waals surface area contributed by atoms with Gasteiger partial charge >= 0.3 is 0 Å². The number of hydrogen-bond acceptors (Lipinski definition) is 1. The highest BCUT2D eigenvalue weighted by molar-refractivity contribution is 5.87. The first kappa shape index (κ1) is 15.0. The molecule has 1 aromatic carbocycles. The zero-order valence-corrected chi connectivity index (χ0v) is 12.7. The fourth-order valence-electron chi connectivity index (χ4n) is 2.39. The predicted molar refractivity (Wildman–Crippen MR) is 87.2 cm³/mol. The first-order chi connectivity index (χ1) is 9.95. The molecule has 0 unspecified atom stereocenters. The molecule has 2 nitrogen and oxygen atoms in total. The Kier molecular flexibility index (Phi) is 4.22.